The predicted molar refractivity (Wildman–Crippen MR) is 69.5 cm³/mol. The monoisotopic (exact) mass is 262 g/mol. The number of carbonyl (C=O) groups is 1. The van der Waals surface area contributed by atoms with Gasteiger partial charge < -0.3 is 9.84 Å². The molecule has 0 aromatic heterocycles. The Morgan fingerprint density at radius 2 is 1.83 bits per heavy atom. The smallest absolute Gasteiger partial charge is 0.196 e. The summed E-state index contributed by atoms with van der Waals surface area (Å²) in [6.45, 7) is 0. The third kappa shape index (κ3) is 2.46. The zero-order chi connectivity index (χ0) is 13.1. The first-order valence-corrected chi connectivity index (χ1v) is 5.67. The first-order chi connectivity index (χ1) is 8.61. The van der Waals surface area contributed by atoms with E-state index in [0.717, 1.165) is 0 Å². The molecule has 18 heavy (non-hydrogen) atoms. The SMILES string of the molecule is COc1ccc(Cl)cc1C(=O)c1ccc(O)cc1. The molecule has 0 spiro atoms. The number of aromatic hydroxyl groups is 1. The summed E-state index contributed by atoms with van der Waals surface area (Å²) in [6.07, 6.45) is 0. The summed E-state index contributed by atoms with van der Waals surface area (Å²) in [7, 11) is 1.50. The summed E-state index contributed by atoms with van der Waals surface area (Å²) in [5.74, 6) is 0.386. The number of methoxy groups -OCH3 is 1. The highest BCUT2D eigenvalue weighted by Crippen LogP contribution is 2.25. The highest BCUT2D eigenvalue weighted by molar-refractivity contribution is 6.31. The van der Waals surface area contributed by atoms with Crippen LogP contribution in [-0.2, 0) is 0 Å². The molecule has 0 saturated carbocycles. The minimum atomic E-state index is -0.200. The summed E-state index contributed by atoms with van der Waals surface area (Å²) in [5, 5.41) is 9.67. The molecule has 0 bridgehead atoms. The van der Waals surface area contributed by atoms with E-state index in [1.807, 2.05) is 0 Å². The first kappa shape index (κ1) is 12.5. The number of hydrogen-bond donors (Lipinski definition) is 1. The van der Waals surface area contributed by atoms with Gasteiger partial charge in [-0.25, -0.2) is 0 Å². The lowest BCUT2D eigenvalue weighted by Crippen LogP contribution is -2.03. The number of hydrogen-bond acceptors (Lipinski definition) is 3. The average Bonchev–Trinajstić information content (AvgIpc) is 2.39. The molecule has 0 heterocycles. The summed E-state index contributed by atoms with van der Waals surface area (Å²) in [5.41, 5.74) is 0.865. The number of phenols is 1. The standard InChI is InChI=1S/C14H11ClO3/c1-18-13-7-4-10(15)8-12(13)14(17)9-2-5-11(16)6-3-9/h2-8,16H,1H3. The lowest BCUT2D eigenvalue weighted by molar-refractivity contribution is 0.103. The molecular weight excluding hydrogens is 252 g/mol. The molecule has 4 heteroatoms. The van der Waals surface area contributed by atoms with Crippen LogP contribution < -0.4 is 4.74 Å². The molecule has 0 unspecified atom stereocenters. The Labute approximate surface area is 110 Å². The molecule has 2 rings (SSSR count). The molecule has 0 fully saturated rings. The van der Waals surface area contributed by atoms with Crippen LogP contribution >= 0.6 is 11.6 Å². The van der Waals surface area contributed by atoms with Crippen molar-refractivity contribution >= 4 is 17.4 Å². The molecule has 0 radical (unpaired) electrons. The fourth-order valence-electron chi connectivity index (χ4n) is 1.63. The van der Waals surface area contributed by atoms with Crippen LogP contribution in [0.15, 0.2) is 42.5 Å². The van der Waals surface area contributed by atoms with Gasteiger partial charge in [0.15, 0.2) is 5.78 Å². The molecule has 92 valence electrons. The number of carbonyl (C=O) groups excluding carboxylic acids is 1. The average molecular weight is 263 g/mol. The molecule has 1 N–H and O–H groups in total. The van der Waals surface area contributed by atoms with Crippen LogP contribution in [0, 0.1) is 0 Å². The van der Waals surface area contributed by atoms with E-state index in [1.165, 1.54) is 19.2 Å². The highest BCUT2D eigenvalue weighted by Gasteiger charge is 2.14. The van der Waals surface area contributed by atoms with Crippen molar-refractivity contribution in [2.45, 2.75) is 0 Å². The normalized spacial score (nSPS) is 10.1. The molecule has 0 saturated heterocycles. The molecule has 2 aromatic rings. The first-order valence-electron chi connectivity index (χ1n) is 5.29. The van der Waals surface area contributed by atoms with Gasteiger partial charge in [-0.3, -0.25) is 4.79 Å². The van der Waals surface area contributed by atoms with Crippen molar-refractivity contribution in [2.24, 2.45) is 0 Å². The minimum Gasteiger partial charge on any atom is -0.508 e. The van der Waals surface area contributed by atoms with Crippen LogP contribution in [0.1, 0.15) is 15.9 Å². The van der Waals surface area contributed by atoms with Gasteiger partial charge in [-0.15, -0.1) is 0 Å². The van der Waals surface area contributed by atoms with E-state index < -0.39 is 0 Å². The predicted octanol–water partition coefficient (Wildman–Crippen LogP) is 3.29. The second-order valence-electron chi connectivity index (χ2n) is 3.72. The largest absolute Gasteiger partial charge is 0.508 e. The van der Waals surface area contributed by atoms with Crippen LogP contribution in [0.5, 0.6) is 11.5 Å². The number of halogens is 1. The summed E-state index contributed by atoms with van der Waals surface area (Å²) in [4.78, 5) is 12.3. The van der Waals surface area contributed by atoms with Gasteiger partial charge in [0, 0.05) is 10.6 Å². The Morgan fingerprint density at radius 1 is 1.17 bits per heavy atom. The molecule has 2 aromatic carbocycles. The van der Waals surface area contributed by atoms with Crippen molar-refractivity contribution in [3.05, 3.63) is 58.6 Å². The zero-order valence-corrected chi connectivity index (χ0v) is 10.4. The molecule has 0 amide bonds. The maximum absolute atomic E-state index is 12.3. The van der Waals surface area contributed by atoms with Crippen LogP contribution in [0.3, 0.4) is 0 Å². The van der Waals surface area contributed by atoms with Gasteiger partial charge in [-0.05, 0) is 42.5 Å². The maximum Gasteiger partial charge on any atom is 0.196 e. The lowest BCUT2D eigenvalue weighted by atomic mass is 10.0. The number of ether oxygens (including phenoxy) is 1. The van der Waals surface area contributed by atoms with E-state index in [2.05, 4.69) is 0 Å². The summed E-state index contributed by atoms with van der Waals surface area (Å²) < 4.78 is 5.14. The quantitative estimate of drug-likeness (QED) is 0.864. The van der Waals surface area contributed by atoms with Gasteiger partial charge >= 0.3 is 0 Å². The topological polar surface area (TPSA) is 46.5 Å². The molecule has 0 aliphatic rings. The molecule has 0 aliphatic carbocycles. The molecule has 3 nitrogen and oxygen atoms in total. The fraction of sp³-hybridized carbons (Fsp3) is 0.0714. The van der Waals surface area contributed by atoms with E-state index in [0.29, 0.717) is 21.9 Å². The van der Waals surface area contributed by atoms with Crippen LogP contribution in [0.25, 0.3) is 0 Å². The van der Waals surface area contributed by atoms with Gasteiger partial charge in [-0.1, -0.05) is 11.6 Å². The van der Waals surface area contributed by atoms with Gasteiger partial charge in [0.1, 0.15) is 11.5 Å². The second-order valence-corrected chi connectivity index (χ2v) is 4.16. The third-order valence-corrected chi connectivity index (χ3v) is 2.77. The highest BCUT2D eigenvalue weighted by atomic mass is 35.5. The van der Waals surface area contributed by atoms with Crippen molar-refractivity contribution in [2.75, 3.05) is 7.11 Å². The second kappa shape index (κ2) is 5.10. The molecular formula is C14H11ClO3. The Kier molecular flexibility index (Phi) is 3.53. The fourth-order valence-corrected chi connectivity index (χ4v) is 1.80. The minimum absolute atomic E-state index is 0.115. The molecule has 0 aliphatic heterocycles. The van der Waals surface area contributed by atoms with E-state index in [4.69, 9.17) is 16.3 Å². The number of rotatable bonds is 3. The number of ketones is 1. The van der Waals surface area contributed by atoms with E-state index in [9.17, 15) is 9.90 Å². The summed E-state index contributed by atoms with van der Waals surface area (Å²) >= 11 is 5.88. The van der Waals surface area contributed by atoms with E-state index in [1.54, 1.807) is 30.3 Å². The van der Waals surface area contributed by atoms with Crippen molar-refractivity contribution in [3.63, 3.8) is 0 Å². The van der Waals surface area contributed by atoms with Gasteiger partial charge in [0.2, 0.25) is 0 Å². The molecule has 0 atom stereocenters. The van der Waals surface area contributed by atoms with Crippen molar-refractivity contribution < 1.29 is 14.6 Å². The van der Waals surface area contributed by atoms with Crippen molar-refractivity contribution in [1.29, 1.82) is 0 Å². The van der Waals surface area contributed by atoms with Crippen LogP contribution in [-0.4, -0.2) is 18.0 Å². The van der Waals surface area contributed by atoms with Crippen LogP contribution in [0.4, 0.5) is 0 Å². The number of benzene rings is 2. The zero-order valence-electron chi connectivity index (χ0n) is 9.68. The Morgan fingerprint density at radius 3 is 2.44 bits per heavy atom. The Balaban J connectivity index is 2.45. The van der Waals surface area contributed by atoms with E-state index >= 15 is 0 Å². The van der Waals surface area contributed by atoms with Gasteiger partial charge in [0.05, 0.1) is 12.7 Å². The Hall–Kier alpha value is -2.00. The van der Waals surface area contributed by atoms with E-state index in [-0.39, 0.29) is 11.5 Å². The van der Waals surface area contributed by atoms with Crippen LogP contribution in [0.2, 0.25) is 5.02 Å². The number of phenolic OH excluding ortho intramolecular Hbond substituents is 1. The van der Waals surface area contributed by atoms with Gasteiger partial charge in [0.25, 0.3) is 0 Å². The Bertz CT molecular complexity index is 576. The maximum atomic E-state index is 12.3. The van der Waals surface area contributed by atoms with Gasteiger partial charge in [-0.2, -0.15) is 0 Å². The van der Waals surface area contributed by atoms with Crippen molar-refractivity contribution in [1.82, 2.24) is 0 Å². The summed E-state index contributed by atoms with van der Waals surface area (Å²) in [6, 6.07) is 10.9. The van der Waals surface area contributed by atoms with Crippen molar-refractivity contribution in [3.8, 4) is 11.5 Å². The third-order valence-electron chi connectivity index (χ3n) is 2.54. The lowest BCUT2D eigenvalue weighted by Gasteiger charge is -2.08.